The van der Waals surface area contributed by atoms with E-state index < -0.39 is 0 Å². The Labute approximate surface area is 138 Å². The predicted molar refractivity (Wildman–Crippen MR) is 92.0 cm³/mol. The van der Waals surface area contributed by atoms with E-state index in [9.17, 15) is 0 Å². The van der Waals surface area contributed by atoms with Crippen LogP contribution < -0.4 is 14.2 Å². The molecule has 0 aliphatic carbocycles. The molecule has 0 unspecified atom stereocenters. The van der Waals surface area contributed by atoms with E-state index in [4.69, 9.17) is 4.74 Å². The molecule has 4 heteroatoms. The molecule has 3 nitrogen and oxygen atoms in total. The van der Waals surface area contributed by atoms with E-state index in [-0.39, 0.29) is 12.4 Å². The van der Waals surface area contributed by atoms with Crippen LogP contribution >= 0.6 is 12.4 Å². The summed E-state index contributed by atoms with van der Waals surface area (Å²) >= 11 is 0. The number of halogens is 1. The fraction of sp³-hybridized carbons (Fsp3) is 0.389. The monoisotopic (exact) mass is 319 g/mol. The van der Waals surface area contributed by atoms with Gasteiger partial charge < -0.3 is 9.64 Å². The van der Waals surface area contributed by atoms with Crippen LogP contribution in [0, 0.1) is 0 Å². The molecule has 0 N–H and O–H groups in total. The molecule has 22 heavy (non-hydrogen) atoms. The van der Waals surface area contributed by atoms with Crippen LogP contribution in [0.5, 0.6) is 5.88 Å². The van der Waals surface area contributed by atoms with Crippen molar-refractivity contribution < 1.29 is 9.30 Å². The molecule has 1 aliphatic rings. The molecule has 0 atom stereocenters. The third-order valence-corrected chi connectivity index (χ3v) is 3.94. The number of nitrogens with zero attached hydrogens (tertiary/aromatic N) is 2. The van der Waals surface area contributed by atoms with Crippen LogP contribution in [0.25, 0.3) is 0 Å². The number of hydrogen-bond acceptors (Lipinski definition) is 2. The Morgan fingerprint density at radius 1 is 1.09 bits per heavy atom. The van der Waals surface area contributed by atoms with Gasteiger partial charge in [-0.15, -0.1) is 12.4 Å². The van der Waals surface area contributed by atoms with E-state index in [1.807, 2.05) is 13.0 Å². The van der Waals surface area contributed by atoms with Crippen molar-refractivity contribution in [3.05, 3.63) is 54.2 Å². The van der Waals surface area contributed by atoms with Crippen molar-refractivity contribution in [2.75, 3.05) is 24.6 Å². The van der Waals surface area contributed by atoms with Gasteiger partial charge in [-0.3, -0.25) is 0 Å². The van der Waals surface area contributed by atoms with Crippen LogP contribution in [0.15, 0.2) is 48.7 Å². The van der Waals surface area contributed by atoms with Gasteiger partial charge in [-0.1, -0.05) is 30.3 Å². The van der Waals surface area contributed by atoms with Gasteiger partial charge in [-0.2, -0.15) is 4.57 Å². The maximum atomic E-state index is 5.85. The second kappa shape index (κ2) is 8.04. The zero-order valence-corrected chi connectivity index (χ0v) is 13.9. The van der Waals surface area contributed by atoms with Crippen molar-refractivity contribution in [1.29, 1.82) is 0 Å². The topological polar surface area (TPSA) is 16.4 Å². The Balaban J connectivity index is 0.00000176. The largest absolute Gasteiger partial charge is 0.445 e. The zero-order chi connectivity index (χ0) is 14.5. The molecule has 1 saturated heterocycles. The summed E-state index contributed by atoms with van der Waals surface area (Å²) in [7, 11) is 0. The van der Waals surface area contributed by atoms with Gasteiger partial charge >= 0.3 is 5.88 Å². The first-order valence-electron chi connectivity index (χ1n) is 7.82. The summed E-state index contributed by atoms with van der Waals surface area (Å²) < 4.78 is 8.02. The van der Waals surface area contributed by atoms with Crippen LogP contribution in [0.1, 0.15) is 25.3 Å². The molecule has 118 valence electrons. The molecule has 0 saturated carbocycles. The van der Waals surface area contributed by atoms with Crippen LogP contribution in [0.3, 0.4) is 0 Å². The second-order valence-electron chi connectivity index (χ2n) is 5.46. The maximum Gasteiger partial charge on any atom is 0.370 e. The summed E-state index contributed by atoms with van der Waals surface area (Å²) in [5.74, 6) is 0.950. The highest BCUT2D eigenvalue weighted by atomic mass is 35.5. The molecule has 1 fully saturated rings. The minimum absolute atomic E-state index is 0. The fourth-order valence-electron chi connectivity index (χ4n) is 2.85. The molecule has 1 aromatic carbocycles. The van der Waals surface area contributed by atoms with Crippen molar-refractivity contribution >= 4 is 18.1 Å². The van der Waals surface area contributed by atoms with Gasteiger partial charge in [0, 0.05) is 24.7 Å². The lowest BCUT2D eigenvalue weighted by Gasteiger charge is -2.17. The van der Waals surface area contributed by atoms with Gasteiger partial charge in [-0.05, 0) is 19.8 Å². The highest BCUT2D eigenvalue weighted by Crippen LogP contribution is 2.22. The summed E-state index contributed by atoms with van der Waals surface area (Å²) in [5, 5.41) is 0. The van der Waals surface area contributed by atoms with Crippen molar-refractivity contribution in [3.63, 3.8) is 0 Å². The summed E-state index contributed by atoms with van der Waals surface area (Å²) in [5.41, 5.74) is 2.57. The lowest BCUT2D eigenvalue weighted by Crippen LogP contribution is -2.36. The van der Waals surface area contributed by atoms with Gasteiger partial charge in [0.2, 0.25) is 0 Å². The SMILES string of the molecule is CCOc1cc(N2CCCC2)cc[n+]1Cc1ccccc1.Cl. The summed E-state index contributed by atoms with van der Waals surface area (Å²) in [6.07, 6.45) is 4.73. The van der Waals surface area contributed by atoms with Crippen molar-refractivity contribution in [2.24, 2.45) is 0 Å². The first-order chi connectivity index (χ1) is 10.4. The number of hydrogen-bond donors (Lipinski definition) is 0. The van der Waals surface area contributed by atoms with Crippen LogP contribution in [0.4, 0.5) is 5.69 Å². The Kier molecular flexibility index (Phi) is 6.08. The van der Waals surface area contributed by atoms with E-state index in [0.717, 1.165) is 25.5 Å². The van der Waals surface area contributed by atoms with E-state index in [2.05, 4.69) is 52.1 Å². The average molecular weight is 320 g/mol. The van der Waals surface area contributed by atoms with E-state index >= 15 is 0 Å². The van der Waals surface area contributed by atoms with Crippen molar-refractivity contribution in [1.82, 2.24) is 0 Å². The molecule has 1 aliphatic heterocycles. The maximum absolute atomic E-state index is 5.85. The lowest BCUT2D eigenvalue weighted by molar-refractivity contribution is -0.693. The number of rotatable bonds is 5. The molecule has 0 radical (unpaired) electrons. The van der Waals surface area contributed by atoms with Crippen LogP contribution in [-0.2, 0) is 6.54 Å². The van der Waals surface area contributed by atoms with E-state index in [0.29, 0.717) is 6.61 Å². The number of anilines is 1. The number of ether oxygens (including phenoxy) is 1. The molecular formula is C18H24ClN2O+. The van der Waals surface area contributed by atoms with Crippen molar-refractivity contribution in [2.45, 2.75) is 26.3 Å². The van der Waals surface area contributed by atoms with Gasteiger partial charge in [-0.25, -0.2) is 0 Å². The predicted octanol–water partition coefficient (Wildman–Crippen LogP) is 3.44. The number of benzene rings is 1. The van der Waals surface area contributed by atoms with Gasteiger partial charge in [0.1, 0.15) is 0 Å². The smallest absolute Gasteiger partial charge is 0.370 e. The summed E-state index contributed by atoms with van der Waals surface area (Å²) in [6, 6.07) is 14.9. The first kappa shape index (κ1) is 16.6. The highest BCUT2D eigenvalue weighted by Gasteiger charge is 2.18. The Morgan fingerprint density at radius 2 is 1.82 bits per heavy atom. The van der Waals surface area contributed by atoms with Crippen molar-refractivity contribution in [3.8, 4) is 5.88 Å². The van der Waals surface area contributed by atoms with Crippen LogP contribution in [0.2, 0.25) is 0 Å². The Bertz CT molecular complexity index is 583. The molecule has 0 bridgehead atoms. The lowest BCUT2D eigenvalue weighted by atomic mass is 10.2. The third kappa shape index (κ3) is 3.92. The molecular weight excluding hydrogens is 296 g/mol. The summed E-state index contributed by atoms with van der Waals surface area (Å²) in [4.78, 5) is 2.44. The quantitative estimate of drug-likeness (QED) is 0.785. The second-order valence-corrected chi connectivity index (χ2v) is 5.46. The van der Waals surface area contributed by atoms with Gasteiger partial charge in [0.15, 0.2) is 12.7 Å². The first-order valence-corrected chi connectivity index (χ1v) is 7.82. The number of aromatic nitrogens is 1. The Morgan fingerprint density at radius 3 is 2.50 bits per heavy atom. The molecule has 1 aromatic heterocycles. The summed E-state index contributed by atoms with van der Waals surface area (Å²) in [6.45, 7) is 5.90. The normalized spacial score (nSPS) is 13.8. The average Bonchev–Trinajstić information content (AvgIpc) is 3.05. The molecule has 2 aromatic rings. The molecule has 2 heterocycles. The number of pyridine rings is 1. The minimum Gasteiger partial charge on any atom is -0.445 e. The fourth-order valence-corrected chi connectivity index (χ4v) is 2.85. The third-order valence-electron chi connectivity index (χ3n) is 3.94. The molecule has 0 amide bonds. The highest BCUT2D eigenvalue weighted by molar-refractivity contribution is 5.85. The Hall–Kier alpha value is -1.74. The molecule has 0 spiro atoms. The van der Waals surface area contributed by atoms with E-state index in [1.54, 1.807) is 0 Å². The van der Waals surface area contributed by atoms with Gasteiger partial charge in [0.25, 0.3) is 0 Å². The zero-order valence-electron chi connectivity index (χ0n) is 13.1. The molecule has 3 rings (SSSR count). The minimum atomic E-state index is 0. The van der Waals surface area contributed by atoms with E-state index in [1.165, 1.54) is 24.1 Å². The van der Waals surface area contributed by atoms with Gasteiger partial charge in [0.05, 0.1) is 18.4 Å². The standard InChI is InChI=1S/C18H23N2O.ClH/c1-2-21-18-14-17(19-11-6-7-12-19)10-13-20(18)15-16-8-4-3-5-9-16;/h3-5,8-10,13-14H,2,6-7,11-12,15H2,1H3;1H/q+1;. The van der Waals surface area contributed by atoms with Crippen LogP contribution in [-0.4, -0.2) is 19.7 Å².